The summed E-state index contributed by atoms with van der Waals surface area (Å²) in [5, 5.41) is 8.99. The molecule has 26 heavy (non-hydrogen) atoms. The molecule has 2 aliphatic rings. The molecule has 0 N–H and O–H groups in total. The zero-order chi connectivity index (χ0) is 18.7. The van der Waals surface area contributed by atoms with Crippen molar-refractivity contribution in [1.82, 2.24) is 9.80 Å². The largest absolute Gasteiger partial charge is 0.377 e. The highest BCUT2D eigenvalue weighted by atomic mass is 19.1. The number of amides is 1. The van der Waals surface area contributed by atoms with Crippen LogP contribution in [0.25, 0.3) is 0 Å². The fraction of sp³-hybridized carbons (Fsp3) is 0.368. The molecule has 0 atom stereocenters. The summed E-state index contributed by atoms with van der Waals surface area (Å²) < 4.78 is 13.7. The van der Waals surface area contributed by atoms with Gasteiger partial charge in [0.2, 0.25) is 0 Å². The lowest BCUT2D eigenvalue weighted by molar-refractivity contribution is 0.0803. The van der Waals surface area contributed by atoms with Gasteiger partial charge in [-0.1, -0.05) is 0 Å². The smallest absolute Gasteiger partial charge is 0.254 e. The van der Waals surface area contributed by atoms with Gasteiger partial charge >= 0.3 is 0 Å². The van der Waals surface area contributed by atoms with Crippen molar-refractivity contribution < 1.29 is 9.18 Å². The molecule has 0 radical (unpaired) electrons. The normalized spacial score (nSPS) is 20.5. The van der Waals surface area contributed by atoms with Crippen LogP contribution in [0.2, 0.25) is 0 Å². The maximum atomic E-state index is 13.7. The van der Waals surface area contributed by atoms with Crippen LogP contribution in [0.3, 0.4) is 0 Å². The minimum Gasteiger partial charge on any atom is -0.377 e. The van der Waals surface area contributed by atoms with E-state index < -0.39 is 5.82 Å². The van der Waals surface area contributed by atoms with Crippen LogP contribution < -0.4 is 0 Å². The summed E-state index contributed by atoms with van der Waals surface area (Å²) in [6, 6.07) is 5.57. The number of carbonyl (C=O) groups excluding carboxylic acids is 1. The first-order chi connectivity index (χ1) is 12.5. The van der Waals surface area contributed by atoms with E-state index in [0.29, 0.717) is 18.9 Å². The molecule has 2 saturated heterocycles. The zero-order valence-electron chi connectivity index (χ0n) is 14.9. The average molecular weight is 353 g/mol. The Balaban J connectivity index is 1.88. The minimum atomic E-state index is -0.592. The van der Waals surface area contributed by atoms with E-state index in [9.17, 15) is 9.18 Å². The Hall–Kier alpha value is -3.01. The lowest BCUT2D eigenvalue weighted by Gasteiger charge is -2.30. The fourth-order valence-electron chi connectivity index (χ4n) is 2.90. The summed E-state index contributed by atoms with van der Waals surface area (Å²) in [5.41, 5.74) is 2.07. The molecule has 1 amide bonds. The van der Waals surface area contributed by atoms with Crippen molar-refractivity contribution in [1.29, 1.82) is 5.26 Å². The number of nitrogens with zero attached hydrogens (tertiary/aromatic N) is 5. The van der Waals surface area contributed by atoms with Crippen molar-refractivity contribution in [2.24, 2.45) is 9.98 Å². The van der Waals surface area contributed by atoms with Crippen molar-refractivity contribution in [2.45, 2.75) is 13.3 Å². The van der Waals surface area contributed by atoms with E-state index in [4.69, 9.17) is 5.26 Å². The van der Waals surface area contributed by atoms with Crippen LogP contribution in [-0.2, 0) is 0 Å². The SMILES string of the molecule is C\N=C(C)/N=C1/CN(C(=O)c2cc(F)cc(C#N)c2)C/C1=C\N1CCC1. The summed E-state index contributed by atoms with van der Waals surface area (Å²) in [6.07, 6.45) is 3.21. The Morgan fingerprint density at radius 1 is 1.31 bits per heavy atom. The Bertz CT molecular complexity index is 861. The molecule has 3 rings (SSSR count). The number of amidine groups is 1. The molecule has 0 bridgehead atoms. The second-order valence-electron chi connectivity index (χ2n) is 6.37. The Morgan fingerprint density at radius 3 is 2.69 bits per heavy atom. The number of hydrogen-bond acceptors (Lipinski definition) is 4. The third kappa shape index (κ3) is 3.80. The number of rotatable bonds is 2. The van der Waals surface area contributed by atoms with E-state index in [1.165, 1.54) is 6.07 Å². The van der Waals surface area contributed by atoms with Crippen molar-refractivity contribution in [3.63, 3.8) is 0 Å². The molecular weight excluding hydrogens is 333 g/mol. The zero-order valence-corrected chi connectivity index (χ0v) is 14.9. The quantitative estimate of drug-likeness (QED) is 0.605. The average Bonchev–Trinajstić information content (AvgIpc) is 2.99. The molecule has 1 aromatic carbocycles. The third-order valence-electron chi connectivity index (χ3n) is 4.48. The number of likely N-dealkylation sites (tertiary alicyclic amines) is 2. The highest BCUT2D eigenvalue weighted by Gasteiger charge is 2.29. The number of halogens is 1. The Kier molecular flexibility index (Phi) is 5.12. The lowest BCUT2D eigenvalue weighted by atomic mass is 10.1. The second kappa shape index (κ2) is 7.48. The van der Waals surface area contributed by atoms with E-state index in [1.54, 1.807) is 11.9 Å². The van der Waals surface area contributed by atoms with Gasteiger partial charge in [-0.05, 0) is 31.5 Å². The highest BCUT2D eigenvalue weighted by Crippen LogP contribution is 2.20. The van der Waals surface area contributed by atoms with Gasteiger partial charge in [-0.3, -0.25) is 9.79 Å². The molecule has 7 heteroatoms. The molecule has 0 aliphatic carbocycles. The number of benzene rings is 1. The first kappa shape index (κ1) is 17.8. The van der Waals surface area contributed by atoms with Crippen LogP contribution >= 0.6 is 0 Å². The molecule has 0 unspecified atom stereocenters. The van der Waals surface area contributed by atoms with Gasteiger partial charge in [0.1, 0.15) is 11.7 Å². The van der Waals surface area contributed by atoms with Gasteiger partial charge in [0, 0.05) is 44.0 Å². The van der Waals surface area contributed by atoms with Gasteiger partial charge in [-0.2, -0.15) is 5.26 Å². The summed E-state index contributed by atoms with van der Waals surface area (Å²) in [7, 11) is 1.67. The van der Waals surface area contributed by atoms with Crippen molar-refractivity contribution in [3.8, 4) is 6.07 Å². The van der Waals surface area contributed by atoms with Gasteiger partial charge in [0.05, 0.1) is 23.9 Å². The maximum absolute atomic E-state index is 13.7. The standard InChI is InChI=1S/C19H20FN5O/c1-13(22-2)23-18-12-25(11-16(18)10-24-4-3-5-24)19(26)15-6-14(9-21)7-17(20)8-15/h6-8,10H,3-5,11-12H2,1-2H3/b16-10+,22-13-,23-18-. The predicted molar refractivity (Wildman–Crippen MR) is 97.8 cm³/mol. The topological polar surface area (TPSA) is 72.1 Å². The van der Waals surface area contributed by atoms with Crippen LogP contribution in [-0.4, -0.2) is 60.5 Å². The number of hydrogen-bond donors (Lipinski definition) is 0. The van der Waals surface area contributed by atoms with E-state index in [-0.39, 0.29) is 17.0 Å². The van der Waals surface area contributed by atoms with Gasteiger partial charge < -0.3 is 9.80 Å². The van der Waals surface area contributed by atoms with Crippen molar-refractivity contribution in [3.05, 3.63) is 46.9 Å². The number of carbonyl (C=O) groups is 1. The summed E-state index contributed by atoms with van der Waals surface area (Å²) in [5.74, 6) is -0.265. The van der Waals surface area contributed by atoms with Crippen LogP contribution in [0, 0.1) is 17.1 Å². The summed E-state index contributed by atoms with van der Waals surface area (Å²) >= 11 is 0. The summed E-state index contributed by atoms with van der Waals surface area (Å²) in [6.45, 7) is 4.56. The van der Waals surface area contributed by atoms with Gasteiger partial charge in [-0.15, -0.1) is 0 Å². The number of aliphatic imine (C=N–C) groups is 2. The Morgan fingerprint density at radius 2 is 2.08 bits per heavy atom. The van der Waals surface area contributed by atoms with Gasteiger partial charge in [0.15, 0.2) is 0 Å². The van der Waals surface area contributed by atoms with Gasteiger partial charge in [0.25, 0.3) is 5.91 Å². The molecule has 1 aromatic rings. The monoisotopic (exact) mass is 353 g/mol. The third-order valence-corrected chi connectivity index (χ3v) is 4.48. The maximum Gasteiger partial charge on any atom is 0.254 e. The Labute approximate surface area is 152 Å². The predicted octanol–water partition coefficient (Wildman–Crippen LogP) is 2.23. The molecule has 6 nitrogen and oxygen atoms in total. The molecule has 0 spiro atoms. The number of nitriles is 1. The van der Waals surface area contributed by atoms with E-state index in [1.807, 2.05) is 19.2 Å². The van der Waals surface area contributed by atoms with Crippen LogP contribution in [0.4, 0.5) is 4.39 Å². The first-order valence-corrected chi connectivity index (χ1v) is 8.46. The van der Waals surface area contributed by atoms with E-state index >= 15 is 0 Å². The second-order valence-corrected chi connectivity index (χ2v) is 6.37. The minimum absolute atomic E-state index is 0.131. The lowest BCUT2D eigenvalue weighted by Crippen LogP contribution is -2.33. The van der Waals surface area contributed by atoms with Crippen molar-refractivity contribution in [2.75, 3.05) is 33.2 Å². The van der Waals surface area contributed by atoms with Crippen LogP contribution in [0.15, 0.2) is 40.0 Å². The molecule has 2 aliphatic heterocycles. The van der Waals surface area contributed by atoms with Gasteiger partial charge in [-0.25, -0.2) is 9.38 Å². The van der Waals surface area contributed by atoms with E-state index in [0.717, 1.165) is 42.9 Å². The fourth-order valence-corrected chi connectivity index (χ4v) is 2.90. The van der Waals surface area contributed by atoms with Crippen LogP contribution in [0.5, 0.6) is 0 Å². The molecule has 134 valence electrons. The summed E-state index contributed by atoms with van der Waals surface area (Å²) in [4.78, 5) is 25.2. The first-order valence-electron chi connectivity index (χ1n) is 8.46. The van der Waals surface area contributed by atoms with Crippen molar-refractivity contribution >= 4 is 17.5 Å². The molecule has 0 saturated carbocycles. The molecular formula is C19H20FN5O. The highest BCUT2D eigenvalue weighted by molar-refractivity contribution is 6.12. The van der Waals surface area contributed by atoms with E-state index in [2.05, 4.69) is 14.9 Å². The molecule has 2 heterocycles. The molecule has 0 aromatic heterocycles. The molecule has 2 fully saturated rings. The van der Waals surface area contributed by atoms with Crippen LogP contribution in [0.1, 0.15) is 29.3 Å².